The van der Waals surface area contributed by atoms with Gasteiger partial charge in [-0.15, -0.1) is 0 Å². The van der Waals surface area contributed by atoms with Crippen molar-refractivity contribution in [2.75, 3.05) is 55.7 Å². The first-order chi connectivity index (χ1) is 12.0. The van der Waals surface area contributed by atoms with Crippen molar-refractivity contribution in [1.29, 1.82) is 0 Å². The third kappa shape index (κ3) is 4.64. The molecule has 3 heterocycles. The first-order valence-electron chi connectivity index (χ1n) is 8.17. The van der Waals surface area contributed by atoms with E-state index < -0.39 is 9.84 Å². The predicted octanol–water partition coefficient (Wildman–Crippen LogP) is 0.509. The minimum absolute atomic E-state index is 0.237. The molecule has 0 saturated carbocycles. The van der Waals surface area contributed by atoms with Crippen LogP contribution in [0.15, 0.2) is 41.7 Å². The molecule has 1 N–H and O–H groups in total. The SMILES string of the molecule is CS(=O)(=O)c1cccnc1NCCN1CCN(c2ncccn2)CC1. The zero-order valence-corrected chi connectivity index (χ0v) is 15.0. The van der Waals surface area contributed by atoms with Gasteiger partial charge in [0.2, 0.25) is 5.95 Å². The average molecular weight is 362 g/mol. The lowest BCUT2D eigenvalue weighted by Gasteiger charge is -2.34. The van der Waals surface area contributed by atoms with Crippen LogP contribution in [0.3, 0.4) is 0 Å². The zero-order chi connectivity index (χ0) is 17.7. The number of nitrogens with one attached hydrogen (secondary N) is 1. The Morgan fingerprint density at radius 2 is 1.72 bits per heavy atom. The minimum Gasteiger partial charge on any atom is -0.368 e. The summed E-state index contributed by atoms with van der Waals surface area (Å²) in [5, 5.41) is 3.14. The Balaban J connectivity index is 1.48. The van der Waals surface area contributed by atoms with E-state index in [1.807, 2.05) is 6.07 Å². The molecular formula is C16H22N6O2S. The quantitative estimate of drug-likeness (QED) is 0.795. The van der Waals surface area contributed by atoms with Crippen molar-refractivity contribution < 1.29 is 8.42 Å². The fourth-order valence-corrected chi connectivity index (χ4v) is 3.58. The lowest BCUT2D eigenvalue weighted by Crippen LogP contribution is -2.48. The Bertz CT molecular complexity index is 791. The molecule has 9 heteroatoms. The Labute approximate surface area is 147 Å². The van der Waals surface area contributed by atoms with Crippen LogP contribution in [0, 0.1) is 0 Å². The van der Waals surface area contributed by atoms with E-state index in [0.29, 0.717) is 12.4 Å². The fourth-order valence-electron chi connectivity index (χ4n) is 2.78. The van der Waals surface area contributed by atoms with Crippen molar-refractivity contribution in [2.45, 2.75) is 4.90 Å². The summed E-state index contributed by atoms with van der Waals surface area (Å²) in [6, 6.07) is 5.02. The molecule has 25 heavy (non-hydrogen) atoms. The maximum atomic E-state index is 11.8. The molecule has 0 atom stereocenters. The van der Waals surface area contributed by atoms with Gasteiger partial charge in [-0.05, 0) is 18.2 Å². The van der Waals surface area contributed by atoms with Crippen molar-refractivity contribution in [2.24, 2.45) is 0 Å². The lowest BCUT2D eigenvalue weighted by molar-refractivity contribution is 0.266. The van der Waals surface area contributed by atoms with Crippen LogP contribution in [0.1, 0.15) is 0 Å². The first-order valence-corrected chi connectivity index (χ1v) is 10.1. The number of hydrogen-bond acceptors (Lipinski definition) is 8. The van der Waals surface area contributed by atoms with E-state index in [-0.39, 0.29) is 4.90 Å². The van der Waals surface area contributed by atoms with E-state index in [1.165, 1.54) is 6.26 Å². The zero-order valence-electron chi connectivity index (χ0n) is 14.2. The molecule has 0 unspecified atom stereocenters. The highest BCUT2D eigenvalue weighted by molar-refractivity contribution is 7.90. The second kappa shape index (κ2) is 7.75. The second-order valence-corrected chi connectivity index (χ2v) is 7.91. The second-order valence-electron chi connectivity index (χ2n) is 5.93. The number of aromatic nitrogens is 3. The van der Waals surface area contributed by atoms with E-state index in [9.17, 15) is 8.42 Å². The molecule has 8 nitrogen and oxygen atoms in total. The maximum Gasteiger partial charge on any atom is 0.225 e. The monoisotopic (exact) mass is 362 g/mol. The molecule has 0 bridgehead atoms. The van der Waals surface area contributed by atoms with Gasteiger partial charge in [0.1, 0.15) is 10.7 Å². The van der Waals surface area contributed by atoms with Crippen LogP contribution in [0.5, 0.6) is 0 Å². The Kier molecular flexibility index (Phi) is 5.44. The number of piperazine rings is 1. The highest BCUT2D eigenvalue weighted by Crippen LogP contribution is 2.17. The summed E-state index contributed by atoms with van der Waals surface area (Å²) >= 11 is 0. The van der Waals surface area contributed by atoms with Gasteiger partial charge in [-0.25, -0.2) is 23.4 Å². The van der Waals surface area contributed by atoms with Crippen molar-refractivity contribution in [3.63, 3.8) is 0 Å². The summed E-state index contributed by atoms with van der Waals surface area (Å²) in [4.78, 5) is 17.4. The molecule has 3 rings (SSSR count). The summed E-state index contributed by atoms with van der Waals surface area (Å²) in [7, 11) is -3.29. The molecule has 1 aliphatic rings. The van der Waals surface area contributed by atoms with Crippen LogP contribution in [0.25, 0.3) is 0 Å². The maximum absolute atomic E-state index is 11.8. The van der Waals surface area contributed by atoms with Crippen LogP contribution < -0.4 is 10.2 Å². The molecule has 134 valence electrons. The van der Waals surface area contributed by atoms with Crippen LogP contribution in [-0.4, -0.2) is 73.8 Å². The fraction of sp³-hybridized carbons (Fsp3) is 0.438. The van der Waals surface area contributed by atoms with Gasteiger partial charge in [0, 0.05) is 64.1 Å². The third-order valence-electron chi connectivity index (χ3n) is 4.10. The van der Waals surface area contributed by atoms with E-state index >= 15 is 0 Å². The highest BCUT2D eigenvalue weighted by Gasteiger charge is 2.19. The van der Waals surface area contributed by atoms with Gasteiger partial charge in [-0.2, -0.15) is 0 Å². The van der Waals surface area contributed by atoms with Crippen molar-refractivity contribution >= 4 is 21.6 Å². The molecule has 2 aromatic heterocycles. The van der Waals surface area contributed by atoms with Crippen LogP contribution >= 0.6 is 0 Å². The molecule has 0 aliphatic carbocycles. The average Bonchev–Trinajstić information content (AvgIpc) is 2.63. The number of rotatable bonds is 6. The molecule has 0 amide bonds. The van der Waals surface area contributed by atoms with Gasteiger partial charge in [-0.1, -0.05) is 0 Å². The summed E-state index contributed by atoms with van der Waals surface area (Å²) < 4.78 is 23.6. The van der Waals surface area contributed by atoms with Gasteiger partial charge < -0.3 is 10.2 Å². The molecular weight excluding hydrogens is 340 g/mol. The molecule has 0 aromatic carbocycles. The summed E-state index contributed by atoms with van der Waals surface area (Å²) in [5.74, 6) is 1.19. The highest BCUT2D eigenvalue weighted by atomic mass is 32.2. The van der Waals surface area contributed by atoms with E-state index in [0.717, 1.165) is 38.7 Å². The molecule has 0 radical (unpaired) electrons. The Hall–Kier alpha value is -2.26. The predicted molar refractivity (Wildman–Crippen MR) is 96.5 cm³/mol. The van der Waals surface area contributed by atoms with Gasteiger partial charge in [-0.3, -0.25) is 4.90 Å². The molecule has 2 aromatic rings. The molecule has 1 aliphatic heterocycles. The Morgan fingerprint density at radius 3 is 2.40 bits per heavy atom. The summed E-state index contributed by atoms with van der Waals surface area (Å²) in [6.07, 6.45) is 6.30. The number of pyridine rings is 1. The molecule has 1 saturated heterocycles. The normalized spacial score (nSPS) is 16.0. The lowest BCUT2D eigenvalue weighted by atomic mass is 10.3. The number of sulfone groups is 1. The molecule has 1 fully saturated rings. The molecule has 0 spiro atoms. The largest absolute Gasteiger partial charge is 0.368 e. The number of hydrogen-bond donors (Lipinski definition) is 1. The minimum atomic E-state index is -3.29. The van der Waals surface area contributed by atoms with Crippen molar-refractivity contribution in [3.05, 3.63) is 36.8 Å². The number of anilines is 2. The van der Waals surface area contributed by atoms with Gasteiger partial charge >= 0.3 is 0 Å². The van der Waals surface area contributed by atoms with Crippen LogP contribution in [-0.2, 0) is 9.84 Å². The number of nitrogens with zero attached hydrogens (tertiary/aromatic N) is 5. The van der Waals surface area contributed by atoms with Gasteiger partial charge in [0.15, 0.2) is 9.84 Å². The third-order valence-corrected chi connectivity index (χ3v) is 5.23. The topological polar surface area (TPSA) is 91.3 Å². The smallest absolute Gasteiger partial charge is 0.225 e. The van der Waals surface area contributed by atoms with Crippen LogP contribution in [0.4, 0.5) is 11.8 Å². The van der Waals surface area contributed by atoms with E-state index in [1.54, 1.807) is 30.7 Å². The van der Waals surface area contributed by atoms with E-state index in [2.05, 4.69) is 30.1 Å². The van der Waals surface area contributed by atoms with Crippen LogP contribution in [0.2, 0.25) is 0 Å². The van der Waals surface area contributed by atoms with Crippen molar-refractivity contribution in [1.82, 2.24) is 19.9 Å². The van der Waals surface area contributed by atoms with Gasteiger partial charge in [0.25, 0.3) is 0 Å². The summed E-state index contributed by atoms with van der Waals surface area (Å²) in [5.41, 5.74) is 0. The summed E-state index contributed by atoms with van der Waals surface area (Å²) in [6.45, 7) is 5.05. The van der Waals surface area contributed by atoms with Crippen molar-refractivity contribution in [3.8, 4) is 0 Å². The van der Waals surface area contributed by atoms with E-state index in [4.69, 9.17) is 0 Å². The van der Waals surface area contributed by atoms with Gasteiger partial charge in [0.05, 0.1) is 0 Å². The first kappa shape index (κ1) is 17.6. The standard InChI is InChI=1S/C16H22N6O2S/c1-25(23,24)14-4-2-5-17-15(14)18-8-9-21-10-12-22(13-11-21)16-19-6-3-7-20-16/h2-7H,8-13H2,1H3,(H,17,18). The Morgan fingerprint density at radius 1 is 1.04 bits per heavy atom.